The Hall–Kier alpha value is -0.950. The van der Waals surface area contributed by atoms with Crippen LogP contribution in [0, 0.1) is 0 Å². The van der Waals surface area contributed by atoms with Crippen molar-refractivity contribution in [3.8, 4) is 0 Å². The Labute approximate surface area is 112 Å². The zero-order chi connectivity index (χ0) is 14.0. The molecule has 0 aliphatic rings. The van der Waals surface area contributed by atoms with Gasteiger partial charge in [0.25, 0.3) is 0 Å². The molecule has 2 unspecified atom stereocenters. The lowest BCUT2D eigenvalue weighted by atomic mass is 10.1. The van der Waals surface area contributed by atoms with Gasteiger partial charge in [-0.05, 0) is 38.2 Å². The van der Waals surface area contributed by atoms with E-state index < -0.39 is 12.1 Å². The van der Waals surface area contributed by atoms with Crippen molar-refractivity contribution in [2.24, 2.45) is 5.73 Å². The van der Waals surface area contributed by atoms with E-state index in [2.05, 4.69) is 10.6 Å². The lowest BCUT2D eigenvalue weighted by Crippen LogP contribution is -2.50. The molecule has 0 radical (unpaired) electrons. The number of primary amides is 1. The highest BCUT2D eigenvalue weighted by Crippen LogP contribution is 2.03. The second kappa shape index (κ2) is 10.0. The number of hydrogen-bond acceptors (Lipinski definition) is 4. The van der Waals surface area contributed by atoms with Crippen molar-refractivity contribution in [3.05, 3.63) is 0 Å². The molecule has 0 rings (SSSR count). The number of aliphatic hydroxyl groups excluding tert-OH is 1. The highest BCUT2D eigenvalue weighted by molar-refractivity contribution is 7.98. The predicted octanol–water partition coefficient (Wildman–Crippen LogP) is 0.0536. The van der Waals surface area contributed by atoms with Gasteiger partial charge in [0, 0.05) is 12.6 Å². The van der Waals surface area contributed by atoms with Gasteiger partial charge in [-0.3, -0.25) is 4.79 Å². The van der Waals surface area contributed by atoms with Gasteiger partial charge in [0.1, 0.15) is 6.04 Å². The van der Waals surface area contributed by atoms with Crippen LogP contribution in [0.2, 0.25) is 0 Å². The Morgan fingerprint density at radius 2 is 2.00 bits per heavy atom. The largest absolute Gasteiger partial charge is 0.396 e. The molecule has 5 N–H and O–H groups in total. The Balaban J connectivity index is 4.22. The Bertz CT molecular complexity index is 264. The predicted molar refractivity (Wildman–Crippen MR) is 73.4 cm³/mol. The van der Waals surface area contributed by atoms with Crippen molar-refractivity contribution in [2.45, 2.75) is 38.3 Å². The average molecular weight is 277 g/mol. The zero-order valence-electron chi connectivity index (χ0n) is 10.9. The fourth-order valence-corrected chi connectivity index (χ4v) is 1.96. The minimum Gasteiger partial charge on any atom is -0.396 e. The van der Waals surface area contributed by atoms with Crippen molar-refractivity contribution >= 4 is 23.7 Å². The zero-order valence-corrected chi connectivity index (χ0v) is 11.8. The van der Waals surface area contributed by atoms with Gasteiger partial charge in [-0.15, -0.1) is 0 Å². The number of nitrogens with two attached hydrogens (primary N) is 1. The van der Waals surface area contributed by atoms with Crippen LogP contribution in [0.1, 0.15) is 26.2 Å². The first-order valence-electron chi connectivity index (χ1n) is 5.97. The van der Waals surface area contributed by atoms with Gasteiger partial charge in [-0.1, -0.05) is 0 Å². The maximum absolute atomic E-state index is 11.9. The molecule has 0 aromatic rings. The molecule has 18 heavy (non-hydrogen) atoms. The third-order valence-electron chi connectivity index (χ3n) is 2.43. The standard InChI is InChI=1S/C11H23N3O3S/c1-8(4-3-6-15)13-10(16)9(5-7-18-2)14-11(12)17/h8-9,15H,3-7H2,1-2H3,(H,13,16)(H3,12,14,17). The smallest absolute Gasteiger partial charge is 0.312 e. The van der Waals surface area contributed by atoms with E-state index in [-0.39, 0.29) is 18.6 Å². The maximum atomic E-state index is 11.9. The summed E-state index contributed by atoms with van der Waals surface area (Å²) in [7, 11) is 0. The molecule has 7 heteroatoms. The van der Waals surface area contributed by atoms with Crippen LogP contribution in [0.25, 0.3) is 0 Å². The first-order valence-corrected chi connectivity index (χ1v) is 7.36. The summed E-state index contributed by atoms with van der Waals surface area (Å²) >= 11 is 1.60. The Morgan fingerprint density at radius 1 is 1.33 bits per heavy atom. The highest BCUT2D eigenvalue weighted by atomic mass is 32.2. The van der Waals surface area contributed by atoms with Gasteiger partial charge in [-0.25, -0.2) is 4.79 Å². The van der Waals surface area contributed by atoms with E-state index in [1.165, 1.54) is 0 Å². The van der Waals surface area contributed by atoms with E-state index >= 15 is 0 Å². The Morgan fingerprint density at radius 3 is 2.50 bits per heavy atom. The van der Waals surface area contributed by atoms with Gasteiger partial charge in [0.05, 0.1) is 0 Å². The van der Waals surface area contributed by atoms with E-state index in [9.17, 15) is 9.59 Å². The molecular weight excluding hydrogens is 254 g/mol. The summed E-state index contributed by atoms with van der Waals surface area (Å²) in [4.78, 5) is 22.7. The summed E-state index contributed by atoms with van der Waals surface area (Å²) in [6.45, 7) is 1.97. The number of nitrogens with one attached hydrogen (secondary N) is 2. The van der Waals surface area contributed by atoms with Crippen LogP contribution in [0.3, 0.4) is 0 Å². The molecule has 3 amide bonds. The van der Waals surface area contributed by atoms with Crippen LogP contribution in [-0.2, 0) is 4.79 Å². The van der Waals surface area contributed by atoms with E-state index in [1.54, 1.807) is 11.8 Å². The summed E-state index contributed by atoms with van der Waals surface area (Å²) < 4.78 is 0. The van der Waals surface area contributed by atoms with Crippen LogP contribution in [0.15, 0.2) is 0 Å². The molecule has 0 aliphatic heterocycles. The van der Waals surface area contributed by atoms with Crippen molar-refractivity contribution in [3.63, 3.8) is 0 Å². The molecule has 0 aliphatic carbocycles. The van der Waals surface area contributed by atoms with Crippen LogP contribution >= 0.6 is 11.8 Å². The topological polar surface area (TPSA) is 104 Å². The molecule has 6 nitrogen and oxygen atoms in total. The summed E-state index contributed by atoms with van der Waals surface area (Å²) in [5.41, 5.74) is 5.04. The molecule has 0 saturated heterocycles. The molecule has 0 aromatic carbocycles. The molecule has 2 atom stereocenters. The molecule has 0 fully saturated rings. The van der Waals surface area contributed by atoms with E-state index in [4.69, 9.17) is 10.8 Å². The monoisotopic (exact) mass is 277 g/mol. The quantitative estimate of drug-likeness (QED) is 0.478. The number of thioether (sulfide) groups is 1. The van der Waals surface area contributed by atoms with Gasteiger partial charge in [0.2, 0.25) is 5.91 Å². The number of amides is 3. The van der Waals surface area contributed by atoms with Gasteiger partial charge >= 0.3 is 6.03 Å². The van der Waals surface area contributed by atoms with E-state index in [0.29, 0.717) is 19.3 Å². The number of rotatable bonds is 9. The van der Waals surface area contributed by atoms with Gasteiger partial charge in [-0.2, -0.15) is 11.8 Å². The van der Waals surface area contributed by atoms with Crippen molar-refractivity contribution < 1.29 is 14.7 Å². The van der Waals surface area contributed by atoms with E-state index in [0.717, 1.165) is 5.75 Å². The molecule has 0 aromatic heterocycles. The Kier molecular flexibility index (Phi) is 9.49. The number of carbonyl (C=O) groups is 2. The van der Waals surface area contributed by atoms with Gasteiger partial charge < -0.3 is 21.5 Å². The molecule has 0 spiro atoms. The fourth-order valence-electron chi connectivity index (χ4n) is 1.49. The number of aliphatic hydroxyl groups is 1. The van der Waals surface area contributed by atoms with Gasteiger partial charge in [0.15, 0.2) is 0 Å². The second-order valence-electron chi connectivity index (χ2n) is 4.12. The molecule has 0 bridgehead atoms. The maximum Gasteiger partial charge on any atom is 0.312 e. The summed E-state index contributed by atoms with van der Waals surface area (Å²) in [6.07, 6.45) is 3.82. The minimum atomic E-state index is -0.695. The fraction of sp³-hybridized carbons (Fsp3) is 0.818. The van der Waals surface area contributed by atoms with Crippen molar-refractivity contribution in [1.82, 2.24) is 10.6 Å². The normalized spacial score (nSPS) is 13.7. The summed E-state index contributed by atoms with van der Waals surface area (Å²) in [5, 5.41) is 13.9. The van der Waals surface area contributed by atoms with Crippen LogP contribution in [0.4, 0.5) is 4.79 Å². The lowest BCUT2D eigenvalue weighted by Gasteiger charge is -2.20. The molecule has 0 heterocycles. The third-order valence-corrected chi connectivity index (χ3v) is 3.07. The van der Waals surface area contributed by atoms with Crippen molar-refractivity contribution in [2.75, 3.05) is 18.6 Å². The second-order valence-corrected chi connectivity index (χ2v) is 5.10. The highest BCUT2D eigenvalue weighted by Gasteiger charge is 2.20. The first kappa shape index (κ1) is 17.1. The summed E-state index contributed by atoms with van der Waals surface area (Å²) in [6, 6.07) is -1.32. The minimum absolute atomic E-state index is 0.0314. The third kappa shape index (κ3) is 8.19. The van der Waals surface area contributed by atoms with Crippen LogP contribution in [0.5, 0.6) is 0 Å². The number of carbonyl (C=O) groups excluding carboxylic acids is 2. The van der Waals surface area contributed by atoms with Crippen LogP contribution in [-0.4, -0.2) is 47.7 Å². The number of hydrogen-bond donors (Lipinski definition) is 4. The SMILES string of the molecule is CSCCC(NC(N)=O)C(=O)NC(C)CCCO. The average Bonchev–Trinajstić information content (AvgIpc) is 2.31. The molecule has 106 valence electrons. The molecule has 0 saturated carbocycles. The first-order chi connectivity index (χ1) is 8.51. The van der Waals surface area contributed by atoms with E-state index in [1.807, 2.05) is 13.2 Å². The lowest BCUT2D eigenvalue weighted by molar-refractivity contribution is -0.123. The summed E-state index contributed by atoms with van der Waals surface area (Å²) in [5.74, 6) is 0.539. The van der Waals surface area contributed by atoms with Crippen LogP contribution < -0.4 is 16.4 Å². The molecular formula is C11H23N3O3S. The van der Waals surface area contributed by atoms with Crippen molar-refractivity contribution in [1.29, 1.82) is 0 Å². The number of urea groups is 1.